The first kappa shape index (κ1) is 19.1. The monoisotopic (exact) mass is 347 g/mol. The van der Waals surface area contributed by atoms with Crippen molar-refractivity contribution in [3.05, 3.63) is 27.0 Å². The van der Waals surface area contributed by atoms with Gasteiger partial charge in [-0.25, -0.2) is 17.9 Å². The van der Waals surface area contributed by atoms with E-state index in [1.807, 2.05) is 13.8 Å². The maximum Gasteiger partial charge on any atom is 0.330 e. The van der Waals surface area contributed by atoms with Crippen LogP contribution in [-0.2, 0) is 28.9 Å². The Labute approximate surface area is 133 Å². The van der Waals surface area contributed by atoms with E-state index in [0.717, 1.165) is 10.8 Å². The highest BCUT2D eigenvalue weighted by molar-refractivity contribution is 7.89. The van der Waals surface area contributed by atoms with Crippen LogP contribution in [0.1, 0.15) is 20.3 Å². The molecule has 0 fully saturated rings. The summed E-state index contributed by atoms with van der Waals surface area (Å²) in [5, 5.41) is 9.12. The van der Waals surface area contributed by atoms with E-state index in [1.54, 1.807) is 0 Å². The molecule has 1 heterocycles. The number of nitrogens with one attached hydrogen (secondary N) is 1. The molecular weight excluding hydrogens is 326 g/mol. The van der Waals surface area contributed by atoms with Gasteiger partial charge >= 0.3 is 11.7 Å². The van der Waals surface area contributed by atoms with Gasteiger partial charge in [0.1, 0.15) is 0 Å². The van der Waals surface area contributed by atoms with Crippen LogP contribution in [-0.4, -0.2) is 35.2 Å². The summed E-state index contributed by atoms with van der Waals surface area (Å²) in [6.07, 6.45) is 1.22. The maximum absolute atomic E-state index is 12.2. The molecule has 1 aromatic heterocycles. The molecule has 0 aliphatic carbocycles. The van der Waals surface area contributed by atoms with Crippen molar-refractivity contribution in [1.82, 2.24) is 13.9 Å². The second-order valence-electron chi connectivity index (χ2n) is 5.77. The van der Waals surface area contributed by atoms with Crippen molar-refractivity contribution in [2.45, 2.75) is 25.2 Å². The molecule has 130 valence electrons. The molecule has 1 rings (SSSR count). The second-order valence-corrected chi connectivity index (χ2v) is 7.50. The average Bonchev–Trinajstić information content (AvgIpc) is 2.44. The number of hydrogen-bond donors (Lipinski definition) is 2. The van der Waals surface area contributed by atoms with Gasteiger partial charge in [-0.1, -0.05) is 13.8 Å². The lowest BCUT2D eigenvalue weighted by Gasteiger charge is -2.15. The van der Waals surface area contributed by atoms with Crippen molar-refractivity contribution in [3.8, 4) is 0 Å². The molecule has 0 saturated carbocycles. The number of nitrogens with zero attached hydrogens (tertiary/aromatic N) is 2. The predicted octanol–water partition coefficient (Wildman–Crippen LogP) is -0.891. The third-order valence-corrected chi connectivity index (χ3v) is 4.74. The largest absolute Gasteiger partial charge is 0.481 e. The van der Waals surface area contributed by atoms with Crippen molar-refractivity contribution in [1.29, 1.82) is 0 Å². The van der Waals surface area contributed by atoms with Crippen LogP contribution in [0, 0.1) is 11.8 Å². The van der Waals surface area contributed by atoms with Gasteiger partial charge in [0.05, 0.1) is 5.92 Å². The van der Waals surface area contributed by atoms with Crippen LogP contribution in [0.15, 0.2) is 20.7 Å². The number of sulfonamides is 1. The number of aryl methyl sites for hydroxylation is 1. The van der Waals surface area contributed by atoms with Crippen LogP contribution < -0.4 is 16.0 Å². The standard InChI is InChI=1S/C13H21N3O6S/c1-8(2)5-9(12(18)19)6-14-23(21,22)10-7-15(3)13(20)16(4)11(10)17/h7-9,14H,5-6H2,1-4H3,(H,18,19). The summed E-state index contributed by atoms with van der Waals surface area (Å²) in [4.78, 5) is 34.1. The van der Waals surface area contributed by atoms with Crippen molar-refractivity contribution in [2.24, 2.45) is 25.9 Å². The minimum atomic E-state index is -4.22. The van der Waals surface area contributed by atoms with Crippen LogP contribution in [0.25, 0.3) is 0 Å². The van der Waals surface area contributed by atoms with E-state index in [-0.39, 0.29) is 12.5 Å². The zero-order valence-electron chi connectivity index (χ0n) is 13.4. The van der Waals surface area contributed by atoms with E-state index < -0.39 is 38.1 Å². The summed E-state index contributed by atoms with van der Waals surface area (Å²) in [6.45, 7) is 3.32. The van der Waals surface area contributed by atoms with Crippen molar-refractivity contribution in [3.63, 3.8) is 0 Å². The molecule has 9 nitrogen and oxygen atoms in total. The Hall–Kier alpha value is -1.94. The van der Waals surface area contributed by atoms with Crippen LogP contribution in [0.3, 0.4) is 0 Å². The van der Waals surface area contributed by atoms with Gasteiger partial charge in [0.2, 0.25) is 10.0 Å². The molecule has 0 aromatic carbocycles. The number of rotatable bonds is 7. The highest BCUT2D eigenvalue weighted by Crippen LogP contribution is 2.12. The molecule has 1 atom stereocenters. The molecule has 0 bridgehead atoms. The fourth-order valence-electron chi connectivity index (χ4n) is 2.09. The smallest absolute Gasteiger partial charge is 0.330 e. The van der Waals surface area contributed by atoms with Gasteiger partial charge in [-0.05, 0) is 12.3 Å². The van der Waals surface area contributed by atoms with Crippen LogP contribution >= 0.6 is 0 Å². The lowest BCUT2D eigenvalue weighted by molar-refractivity contribution is -0.142. The number of hydrogen-bond acceptors (Lipinski definition) is 5. The maximum atomic E-state index is 12.2. The summed E-state index contributed by atoms with van der Waals surface area (Å²) >= 11 is 0. The van der Waals surface area contributed by atoms with Gasteiger partial charge in [0, 0.05) is 26.8 Å². The molecule has 1 aromatic rings. The minimum absolute atomic E-state index is 0.0750. The quantitative estimate of drug-likeness (QED) is 0.658. The number of carboxylic acids is 1. The van der Waals surface area contributed by atoms with Crippen LogP contribution in [0.2, 0.25) is 0 Å². The topological polar surface area (TPSA) is 127 Å². The van der Waals surface area contributed by atoms with Crippen molar-refractivity contribution in [2.75, 3.05) is 6.54 Å². The number of aromatic nitrogens is 2. The summed E-state index contributed by atoms with van der Waals surface area (Å²) in [6, 6.07) is 0. The lowest BCUT2D eigenvalue weighted by atomic mass is 9.98. The summed E-state index contributed by atoms with van der Waals surface area (Å²) < 4.78 is 28.3. The summed E-state index contributed by atoms with van der Waals surface area (Å²) in [7, 11) is -1.74. The van der Waals surface area contributed by atoms with Crippen LogP contribution in [0.5, 0.6) is 0 Å². The first-order chi connectivity index (χ1) is 10.5. The average molecular weight is 347 g/mol. The highest BCUT2D eigenvalue weighted by Gasteiger charge is 2.25. The predicted molar refractivity (Wildman–Crippen MR) is 82.7 cm³/mol. The Morgan fingerprint density at radius 1 is 1.30 bits per heavy atom. The molecule has 1 unspecified atom stereocenters. The number of aliphatic carboxylic acids is 1. The SMILES string of the molecule is CC(C)CC(CNS(=O)(=O)c1cn(C)c(=O)n(C)c1=O)C(=O)O. The van der Waals surface area contributed by atoms with Crippen molar-refractivity contribution >= 4 is 16.0 Å². The van der Waals surface area contributed by atoms with Gasteiger partial charge in [-0.3, -0.25) is 14.2 Å². The summed E-state index contributed by atoms with van der Waals surface area (Å²) in [5.74, 6) is -1.94. The second kappa shape index (κ2) is 7.09. The van der Waals surface area contributed by atoms with Gasteiger partial charge in [0.25, 0.3) is 5.56 Å². The Balaban J connectivity index is 3.12. The Morgan fingerprint density at radius 2 is 1.87 bits per heavy atom. The zero-order chi connectivity index (χ0) is 17.9. The van der Waals surface area contributed by atoms with Gasteiger partial charge in [-0.15, -0.1) is 0 Å². The molecule has 0 amide bonds. The van der Waals surface area contributed by atoms with E-state index in [2.05, 4.69) is 4.72 Å². The Kier molecular flexibility index (Phi) is 5.89. The first-order valence-electron chi connectivity index (χ1n) is 6.96. The van der Waals surface area contributed by atoms with E-state index >= 15 is 0 Å². The third kappa shape index (κ3) is 4.52. The molecule has 23 heavy (non-hydrogen) atoms. The fraction of sp³-hybridized carbons (Fsp3) is 0.615. The van der Waals surface area contributed by atoms with Gasteiger partial charge < -0.3 is 9.67 Å². The first-order valence-corrected chi connectivity index (χ1v) is 8.44. The molecule has 0 radical (unpaired) electrons. The van der Waals surface area contributed by atoms with E-state index in [4.69, 9.17) is 5.11 Å². The molecular formula is C13H21N3O6S. The number of carbonyl (C=O) groups is 1. The fourth-order valence-corrected chi connectivity index (χ4v) is 3.33. The van der Waals surface area contributed by atoms with Crippen molar-refractivity contribution < 1.29 is 18.3 Å². The highest BCUT2D eigenvalue weighted by atomic mass is 32.2. The molecule has 10 heteroatoms. The Bertz CT molecular complexity index is 806. The van der Waals surface area contributed by atoms with Crippen LogP contribution in [0.4, 0.5) is 0 Å². The normalized spacial score (nSPS) is 13.3. The molecule has 0 saturated heterocycles. The van der Waals surface area contributed by atoms with Gasteiger partial charge in [-0.2, -0.15) is 0 Å². The third-order valence-electron chi connectivity index (χ3n) is 3.33. The number of carboxylic acid groups (broad SMARTS) is 1. The zero-order valence-corrected chi connectivity index (χ0v) is 14.3. The molecule has 0 aliphatic rings. The molecule has 0 spiro atoms. The minimum Gasteiger partial charge on any atom is -0.481 e. The molecule has 2 N–H and O–H groups in total. The van der Waals surface area contributed by atoms with E-state index in [0.29, 0.717) is 11.0 Å². The lowest BCUT2D eigenvalue weighted by Crippen LogP contribution is -2.42. The Morgan fingerprint density at radius 3 is 2.35 bits per heavy atom. The molecule has 0 aliphatic heterocycles. The summed E-state index contributed by atoms with van der Waals surface area (Å²) in [5.41, 5.74) is -1.62. The van der Waals surface area contributed by atoms with E-state index in [9.17, 15) is 22.8 Å². The van der Waals surface area contributed by atoms with E-state index in [1.165, 1.54) is 14.1 Å². The van der Waals surface area contributed by atoms with Gasteiger partial charge in [0.15, 0.2) is 4.90 Å².